The molecular formula is C15H19ClN2O3S. The highest BCUT2D eigenvalue weighted by Crippen LogP contribution is 2.17. The summed E-state index contributed by atoms with van der Waals surface area (Å²) in [4.78, 5) is 13.8. The van der Waals surface area contributed by atoms with Gasteiger partial charge in [-0.15, -0.1) is 0 Å². The van der Waals surface area contributed by atoms with Crippen LogP contribution >= 0.6 is 11.6 Å². The summed E-state index contributed by atoms with van der Waals surface area (Å²) in [6.07, 6.45) is 4.40. The molecule has 1 heterocycles. The van der Waals surface area contributed by atoms with Gasteiger partial charge in [-0.05, 0) is 30.2 Å². The number of hydrogen-bond acceptors (Lipinski definition) is 3. The number of aryl methyl sites for hydroxylation is 1. The van der Waals surface area contributed by atoms with Gasteiger partial charge in [-0.1, -0.05) is 23.7 Å². The number of benzene rings is 1. The molecule has 5 nitrogen and oxygen atoms in total. The molecule has 0 unspecified atom stereocenters. The van der Waals surface area contributed by atoms with Crippen LogP contribution < -0.4 is 0 Å². The van der Waals surface area contributed by atoms with Crippen molar-refractivity contribution in [2.45, 2.75) is 6.92 Å². The number of carbonyl (C=O) groups is 1. The van der Waals surface area contributed by atoms with Crippen molar-refractivity contribution in [1.82, 2.24) is 9.21 Å². The highest BCUT2D eigenvalue weighted by Gasteiger charge is 2.24. The van der Waals surface area contributed by atoms with Crippen molar-refractivity contribution in [3.05, 3.63) is 40.4 Å². The van der Waals surface area contributed by atoms with E-state index in [2.05, 4.69) is 0 Å². The summed E-state index contributed by atoms with van der Waals surface area (Å²) < 4.78 is 24.2. The van der Waals surface area contributed by atoms with E-state index >= 15 is 0 Å². The zero-order valence-electron chi connectivity index (χ0n) is 12.6. The molecule has 1 amide bonds. The summed E-state index contributed by atoms with van der Waals surface area (Å²) in [5.41, 5.74) is 1.85. The van der Waals surface area contributed by atoms with Gasteiger partial charge in [-0.25, -0.2) is 8.42 Å². The van der Waals surface area contributed by atoms with Crippen molar-refractivity contribution in [2.75, 3.05) is 32.4 Å². The maximum atomic E-state index is 12.1. The average molecular weight is 343 g/mol. The van der Waals surface area contributed by atoms with Crippen LogP contribution in [-0.4, -0.2) is 56.0 Å². The van der Waals surface area contributed by atoms with Gasteiger partial charge in [-0.2, -0.15) is 4.31 Å². The first-order valence-corrected chi connectivity index (χ1v) is 9.18. The minimum absolute atomic E-state index is 0.121. The topological polar surface area (TPSA) is 57.7 Å². The Morgan fingerprint density at radius 3 is 2.41 bits per heavy atom. The fourth-order valence-electron chi connectivity index (χ4n) is 2.23. The van der Waals surface area contributed by atoms with E-state index < -0.39 is 10.0 Å². The normalized spacial score (nSPS) is 17.1. The Morgan fingerprint density at radius 1 is 1.23 bits per heavy atom. The van der Waals surface area contributed by atoms with Crippen LogP contribution in [0, 0.1) is 6.92 Å². The number of amides is 1. The van der Waals surface area contributed by atoms with Gasteiger partial charge in [-0.3, -0.25) is 4.79 Å². The molecule has 0 bridgehead atoms. The quantitative estimate of drug-likeness (QED) is 0.786. The molecule has 0 N–H and O–H groups in total. The van der Waals surface area contributed by atoms with E-state index in [-0.39, 0.29) is 5.91 Å². The molecule has 22 heavy (non-hydrogen) atoms. The molecule has 1 fully saturated rings. The van der Waals surface area contributed by atoms with E-state index in [1.165, 1.54) is 16.6 Å². The number of piperazine rings is 1. The van der Waals surface area contributed by atoms with Gasteiger partial charge >= 0.3 is 0 Å². The van der Waals surface area contributed by atoms with Crippen LogP contribution in [0.25, 0.3) is 6.08 Å². The summed E-state index contributed by atoms with van der Waals surface area (Å²) >= 11 is 6.04. The molecule has 0 spiro atoms. The summed E-state index contributed by atoms with van der Waals surface area (Å²) in [5, 5.41) is 0.663. The molecule has 1 aromatic rings. The highest BCUT2D eigenvalue weighted by molar-refractivity contribution is 7.88. The summed E-state index contributed by atoms with van der Waals surface area (Å²) in [7, 11) is -3.18. The molecule has 0 atom stereocenters. The SMILES string of the molecule is Cc1ccc(/C=C/C(=O)N2CCN(S(C)(=O)=O)CC2)cc1Cl. The Kier molecular flexibility index (Phi) is 5.26. The van der Waals surface area contributed by atoms with Crippen LogP contribution in [0.4, 0.5) is 0 Å². The number of nitrogens with zero attached hydrogens (tertiary/aromatic N) is 2. The van der Waals surface area contributed by atoms with E-state index in [1.807, 2.05) is 25.1 Å². The molecule has 0 aliphatic carbocycles. The van der Waals surface area contributed by atoms with Crippen molar-refractivity contribution in [3.8, 4) is 0 Å². The Bertz CT molecular complexity index is 693. The zero-order chi connectivity index (χ0) is 16.3. The van der Waals surface area contributed by atoms with E-state index in [4.69, 9.17) is 11.6 Å². The second-order valence-electron chi connectivity index (χ2n) is 5.33. The van der Waals surface area contributed by atoms with Crippen molar-refractivity contribution in [3.63, 3.8) is 0 Å². The fraction of sp³-hybridized carbons (Fsp3) is 0.400. The lowest BCUT2D eigenvalue weighted by atomic mass is 10.1. The number of rotatable bonds is 3. The van der Waals surface area contributed by atoms with Crippen LogP contribution in [0.2, 0.25) is 5.02 Å². The number of sulfonamides is 1. The molecule has 120 valence electrons. The van der Waals surface area contributed by atoms with Crippen LogP contribution in [0.3, 0.4) is 0 Å². The third-order valence-corrected chi connectivity index (χ3v) is 5.34. The lowest BCUT2D eigenvalue weighted by molar-refractivity contribution is -0.127. The van der Waals surface area contributed by atoms with Gasteiger partial charge in [0.2, 0.25) is 15.9 Å². The van der Waals surface area contributed by atoms with E-state index in [0.29, 0.717) is 31.2 Å². The Hall–Kier alpha value is -1.37. The van der Waals surface area contributed by atoms with Gasteiger partial charge < -0.3 is 4.90 Å². The molecule has 1 saturated heterocycles. The van der Waals surface area contributed by atoms with Crippen molar-refractivity contribution in [1.29, 1.82) is 0 Å². The molecule has 0 saturated carbocycles. The molecular weight excluding hydrogens is 324 g/mol. The van der Waals surface area contributed by atoms with E-state index in [9.17, 15) is 13.2 Å². The second kappa shape index (κ2) is 6.81. The Balaban J connectivity index is 1.96. The first kappa shape index (κ1) is 17.0. The van der Waals surface area contributed by atoms with Crippen LogP contribution in [-0.2, 0) is 14.8 Å². The van der Waals surface area contributed by atoms with Crippen molar-refractivity contribution in [2.24, 2.45) is 0 Å². The molecule has 1 aliphatic rings. The maximum Gasteiger partial charge on any atom is 0.246 e. The van der Waals surface area contributed by atoms with Crippen molar-refractivity contribution >= 4 is 33.6 Å². The third kappa shape index (κ3) is 4.32. The predicted molar refractivity (Wildman–Crippen MR) is 88.2 cm³/mol. The number of carbonyl (C=O) groups excluding carboxylic acids is 1. The van der Waals surface area contributed by atoms with Gasteiger partial charge in [0.05, 0.1) is 6.26 Å². The molecule has 7 heteroatoms. The number of hydrogen-bond donors (Lipinski definition) is 0. The molecule has 0 aromatic heterocycles. The van der Waals surface area contributed by atoms with Gasteiger partial charge in [0.15, 0.2) is 0 Å². The zero-order valence-corrected chi connectivity index (χ0v) is 14.2. The first-order valence-electron chi connectivity index (χ1n) is 6.95. The molecule has 2 rings (SSSR count). The van der Waals surface area contributed by atoms with Crippen LogP contribution in [0.15, 0.2) is 24.3 Å². The van der Waals surface area contributed by atoms with Gasteiger partial charge in [0, 0.05) is 37.3 Å². The summed E-state index contributed by atoms with van der Waals surface area (Å²) in [6, 6.07) is 5.60. The monoisotopic (exact) mass is 342 g/mol. The molecule has 1 aromatic carbocycles. The van der Waals surface area contributed by atoms with Gasteiger partial charge in [0.25, 0.3) is 0 Å². The molecule has 0 radical (unpaired) electrons. The summed E-state index contributed by atoms with van der Waals surface area (Å²) in [6.45, 7) is 3.42. The van der Waals surface area contributed by atoms with Crippen LogP contribution in [0.5, 0.6) is 0 Å². The first-order chi connectivity index (χ1) is 10.3. The Morgan fingerprint density at radius 2 is 1.86 bits per heavy atom. The van der Waals surface area contributed by atoms with Crippen LogP contribution in [0.1, 0.15) is 11.1 Å². The smallest absolute Gasteiger partial charge is 0.246 e. The predicted octanol–water partition coefficient (Wildman–Crippen LogP) is 1.77. The highest BCUT2D eigenvalue weighted by atomic mass is 35.5. The number of halogens is 1. The standard InChI is InChI=1S/C15H19ClN2O3S/c1-12-3-4-13(11-14(12)16)5-6-15(19)17-7-9-18(10-8-17)22(2,20)21/h3-6,11H,7-10H2,1-2H3/b6-5+. The fourth-order valence-corrected chi connectivity index (χ4v) is 3.24. The average Bonchev–Trinajstić information content (AvgIpc) is 2.47. The molecule has 1 aliphatic heterocycles. The van der Waals surface area contributed by atoms with Gasteiger partial charge in [0.1, 0.15) is 0 Å². The second-order valence-corrected chi connectivity index (χ2v) is 7.72. The lowest BCUT2D eigenvalue weighted by Crippen LogP contribution is -2.49. The van der Waals surface area contributed by atoms with E-state index in [1.54, 1.807) is 11.0 Å². The minimum atomic E-state index is -3.18. The van der Waals surface area contributed by atoms with Crippen molar-refractivity contribution < 1.29 is 13.2 Å². The lowest BCUT2D eigenvalue weighted by Gasteiger charge is -2.32. The third-order valence-electron chi connectivity index (χ3n) is 3.63. The van der Waals surface area contributed by atoms with E-state index in [0.717, 1.165) is 11.1 Å². The largest absolute Gasteiger partial charge is 0.337 e. The maximum absolute atomic E-state index is 12.1. The minimum Gasteiger partial charge on any atom is -0.337 e. The Labute approximate surface area is 136 Å². The summed E-state index contributed by atoms with van der Waals surface area (Å²) in [5.74, 6) is -0.121.